The van der Waals surface area contributed by atoms with Crippen LogP contribution >= 0.6 is 27.5 Å². The maximum atomic E-state index is 14.3. The minimum atomic E-state index is -0.698. The summed E-state index contributed by atoms with van der Waals surface area (Å²) in [6, 6.07) is 7.76. The monoisotopic (exact) mass is 373 g/mol. The fraction of sp³-hybridized carbons (Fsp3) is 0.200. The summed E-state index contributed by atoms with van der Waals surface area (Å²) in [5.41, 5.74) is 7.12. The second-order valence-corrected chi connectivity index (χ2v) is 5.58. The maximum Gasteiger partial charge on any atom is 0.148 e. The van der Waals surface area contributed by atoms with E-state index >= 15 is 0 Å². The van der Waals surface area contributed by atoms with E-state index in [2.05, 4.69) is 15.9 Å². The van der Waals surface area contributed by atoms with Crippen LogP contribution in [0, 0.1) is 5.82 Å². The highest BCUT2D eigenvalue weighted by molar-refractivity contribution is 9.10. The molecule has 2 rings (SSSR count). The van der Waals surface area contributed by atoms with Crippen molar-refractivity contribution >= 4 is 27.5 Å². The van der Waals surface area contributed by atoms with E-state index in [0.29, 0.717) is 27.1 Å². The largest absolute Gasteiger partial charge is 0.497 e. The van der Waals surface area contributed by atoms with Crippen molar-refractivity contribution in [2.24, 2.45) is 5.73 Å². The van der Waals surface area contributed by atoms with Crippen LogP contribution in [0.5, 0.6) is 11.5 Å². The number of hydrogen-bond acceptors (Lipinski definition) is 3. The highest BCUT2D eigenvalue weighted by atomic mass is 79.9. The van der Waals surface area contributed by atoms with E-state index in [4.69, 9.17) is 26.8 Å². The van der Waals surface area contributed by atoms with Gasteiger partial charge in [0.1, 0.15) is 17.3 Å². The van der Waals surface area contributed by atoms with Gasteiger partial charge in [0.15, 0.2) is 0 Å². The molecule has 1 unspecified atom stereocenters. The molecule has 2 N–H and O–H groups in total. The summed E-state index contributed by atoms with van der Waals surface area (Å²) in [5, 5.41) is 0.00966. The Labute approximate surface area is 135 Å². The molecule has 1 atom stereocenters. The Morgan fingerprint density at radius 1 is 1.14 bits per heavy atom. The van der Waals surface area contributed by atoms with Gasteiger partial charge in [0, 0.05) is 21.7 Å². The fourth-order valence-electron chi connectivity index (χ4n) is 2.02. The van der Waals surface area contributed by atoms with Gasteiger partial charge < -0.3 is 15.2 Å². The second-order valence-electron chi connectivity index (χ2n) is 4.35. The van der Waals surface area contributed by atoms with E-state index in [1.807, 2.05) is 0 Å². The summed E-state index contributed by atoms with van der Waals surface area (Å²) >= 11 is 9.09. The Morgan fingerprint density at radius 3 is 2.43 bits per heavy atom. The molecule has 2 aromatic rings. The summed E-state index contributed by atoms with van der Waals surface area (Å²) in [6.07, 6.45) is 0. The molecule has 6 heteroatoms. The summed E-state index contributed by atoms with van der Waals surface area (Å²) < 4.78 is 25.2. The second kappa shape index (κ2) is 6.64. The molecule has 0 radical (unpaired) electrons. The standard InChI is InChI=1S/C15H14BrClFNO2/c1-20-8-3-4-9(12(7-8)21-2)15(19)10-5-6-11(16)13(17)14(10)18/h3-7,15H,19H2,1-2H3. The molecule has 0 aromatic heterocycles. The van der Waals surface area contributed by atoms with Crippen molar-refractivity contribution in [3.8, 4) is 11.5 Å². The van der Waals surface area contributed by atoms with Crippen LogP contribution in [-0.2, 0) is 0 Å². The summed E-state index contributed by atoms with van der Waals surface area (Å²) in [7, 11) is 3.08. The Hall–Kier alpha value is -1.30. The highest BCUT2D eigenvalue weighted by Crippen LogP contribution is 2.36. The van der Waals surface area contributed by atoms with Gasteiger partial charge in [0.25, 0.3) is 0 Å². The quantitative estimate of drug-likeness (QED) is 0.811. The fourth-order valence-corrected chi connectivity index (χ4v) is 2.50. The van der Waals surface area contributed by atoms with Gasteiger partial charge in [-0.3, -0.25) is 0 Å². The number of ether oxygens (including phenoxy) is 2. The van der Waals surface area contributed by atoms with Gasteiger partial charge in [-0.1, -0.05) is 17.7 Å². The van der Waals surface area contributed by atoms with Crippen molar-refractivity contribution in [2.45, 2.75) is 6.04 Å². The van der Waals surface area contributed by atoms with Crippen molar-refractivity contribution in [3.63, 3.8) is 0 Å². The average molecular weight is 375 g/mol. The van der Waals surface area contributed by atoms with Gasteiger partial charge in [-0.2, -0.15) is 0 Å². The summed E-state index contributed by atoms with van der Waals surface area (Å²) in [4.78, 5) is 0. The molecular weight excluding hydrogens is 361 g/mol. The molecule has 2 aromatic carbocycles. The summed E-state index contributed by atoms with van der Waals surface area (Å²) in [5.74, 6) is 0.619. The molecule has 0 heterocycles. The zero-order valence-corrected chi connectivity index (χ0v) is 13.8. The number of nitrogens with two attached hydrogens (primary N) is 1. The first-order valence-corrected chi connectivity index (χ1v) is 7.27. The van der Waals surface area contributed by atoms with E-state index in [1.165, 1.54) is 7.11 Å². The molecule has 21 heavy (non-hydrogen) atoms. The van der Waals surface area contributed by atoms with Crippen LogP contribution in [0.4, 0.5) is 4.39 Å². The maximum absolute atomic E-state index is 14.3. The van der Waals surface area contributed by atoms with Crippen molar-refractivity contribution in [1.29, 1.82) is 0 Å². The third-order valence-electron chi connectivity index (χ3n) is 3.18. The zero-order valence-electron chi connectivity index (χ0n) is 11.5. The Kier molecular flexibility index (Phi) is 5.08. The molecule has 0 aliphatic carbocycles. The molecule has 112 valence electrons. The van der Waals surface area contributed by atoms with Crippen LogP contribution in [0.1, 0.15) is 17.2 Å². The number of hydrogen-bond donors (Lipinski definition) is 1. The minimum Gasteiger partial charge on any atom is -0.497 e. The molecule has 3 nitrogen and oxygen atoms in total. The zero-order chi connectivity index (χ0) is 15.6. The van der Waals surface area contributed by atoms with E-state index in [9.17, 15) is 4.39 Å². The number of rotatable bonds is 4. The van der Waals surface area contributed by atoms with Crippen LogP contribution in [0.2, 0.25) is 5.02 Å². The molecule has 0 spiro atoms. The van der Waals surface area contributed by atoms with E-state index in [0.717, 1.165) is 0 Å². The lowest BCUT2D eigenvalue weighted by atomic mass is 9.98. The molecule has 0 saturated carbocycles. The number of methoxy groups -OCH3 is 2. The lowest BCUT2D eigenvalue weighted by Crippen LogP contribution is -2.15. The van der Waals surface area contributed by atoms with Gasteiger partial charge in [-0.25, -0.2) is 4.39 Å². The molecule has 0 aliphatic heterocycles. The van der Waals surface area contributed by atoms with E-state index in [-0.39, 0.29) is 5.02 Å². The average Bonchev–Trinajstić information content (AvgIpc) is 2.51. The van der Waals surface area contributed by atoms with Gasteiger partial charge >= 0.3 is 0 Å². The smallest absolute Gasteiger partial charge is 0.148 e. The predicted octanol–water partition coefficient (Wildman–Crippen LogP) is 4.31. The predicted molar refractivity (Wildman–Crippen MR) is 84.7 cm³/mol. The first kappa shape index (κ1) is 16.1. The van der Waals surface area contributed by atoms with Crippen LogP contribution in [-0.4, -0.2) is 14.2 Å². The molecule has 0 bridgehead atoms. The number of halogens is 3. The topological polar surface area (TPSA) is 44.5 Å². The van der Waals surface area contributed by atoms with Crippen molar-refractivity contribution in [3.05, 3.63) is 56.8 Å². The first-order valence-electron chi connectivity index (χ1n) is 6.10. The normalized spacial score (nSPS) is 12.1. The Balaban J connectivity index is 2.49. The van der Waals surface area contributed by atoms with Gasteiger partial charge in [-0.05, 0) is 34.1 Å². The highest BCUT2D eigenvalue weighted by Gasteiger charge is 2.20. The van der Waals surface area contributed by atoms with Crippen LogP contribution in [0.3, 0.4) is 0 Å². The van der Waals surface area contributed by atoms with Crippen LogP contribution < -0.4 is 15.2 Å². The Morgan fingerprint density at radius 2 is 1.81 bits per heavy atom. The Bertz CT molecular complexity index is 666. The van der Waals surface area contributed by atoms with Gasteiger partial charge in [0.2, 0.25) is 0 Å². The van der Waals surface area contributed by atoms with E-state index in [1.54, 1.807) is 37.4 Å². The molecule has 0 aliphatic rings. The minimum absolute atomic E-state index is 0.00966. The van der Waals surface area contributed by atoms with Crippen molar-refractivity contribution in [2.75, 3.05) is 14.2 Å². The molecule has 0 saturated heterocycles. The molecule has 0 fully saturated rings. The van der Waals surface area contributed by atoms with Gasteiger partial charge in [0.05, 0.1) is 25.3 Å². The third-order valence-corrected chi connectivity index (χ3v) is 4.43. The summed E-state index contributed by atoms with van der Waals surface area (Å²) in [6.45, 7) is 0. The van der Waals surface area contributed by atoms with Crippen molar-refractivity contribution in [1.82, 2.24) is 0 Å². The van der Waals surface area contributed by atoms with Gasteiger partial charge in [-0.15, -0.1) is 0 Å². The van der Waals surface area contributed by atoms with E-state index < -0.39 is 11.9 Å². The molecular formula is C15H14BrClFNO2. The van der Waals surface area contributed by atoms with Crippen LogP contribution in [0.15, 0.2) is 34.8 Å². The molecule has 0 amide bonds. The SMILES string of the molecule is COc1ccc(C(N)c2ccc(Br)c(Cl)c2F)c(OC)c1. The number of benzene rings is 2. The lowest BCUT2D eigenvalue weighted by Gasteiger charge is -2.18. The lowest BCUT2D eigenvalue weighted by molar-refractivity contribution is 0.389. The first-order chi connectivity index (χ1) is 9.99. The third kappa shape index (κ3) is 3.15. The van der Waals surface area contributed by atoms with Crippen molar-refractivity contribution < 1.29 is 13.9 Å². The van der Waals surface area contributed by atoms with Crippen LogP contribution in [0.25, 0.3) is 0 Å².